The highest BCUT2D eigenvalue weighted by Gasteiger charge is 2.51. The van der Waals surface area contributed by atoms with E-state index in [1.807, 2.05) is 6.07 Å². The number of carbonyl (C=O) groups is 2. The van der Waals surface area contributed by atoms with Crippen molar-refractivity contribution in [3.05, 3.63) is 66.0 Å². The molecule has 0 aliphatic heterocycles. The van der Waals surface area contributed by atoms with Gasteiger partial charge in [0.1, 0.15) is 0 Å². The number of fused-ring (bicyclic) bond motifs is 1. The Labute approximate surface area is 165 Å². The lowest BCUT2D eigenvalue weighted by atomic mass is 9.53. The maximum Gasteiger partial charge on any atom is 0.252 e. The maximum atomic E-state index is 12.5. The molecular formula is C23H27N3O2. The third kappa shape index (κ3) is 3.93. The van der Waals surface area contributed by atoms with E-state index >= 15 is 0 Å². The van der Waals surface area contributed by atoms with Crippen LogP contribution in [0.4, 0.5) is 0 Å². The Hall–Kier alpha value is -2.69. The van der Waals surface area contributed by atoms with Crippen LogP contribution in [-0.2, 0) is 4.79 Å². The van der Waals surface area contributed by atoms with Crippen molar-refractivity contribution < 1.29 is 9.59 Å². The average Bonchev–Trinajstić information content (AvgIpc) is 2.74. The van der Waals surface area contributed by atoms with Crippen LogP contribution in [0.1, 0.15) is 53.9 Å². The molecule has 2 unspecified atom stereocenters. The van der Waals surface area contributed by atoms with E-state index in [2.05, 4.69) is 39.9 Å². The van der Waals surface area contributed by atoms with Gasteiger partial charge in [-0.05, 0) is 42.4 Å². The zero-order valence-corrected chi connectivity index (χ0v) is 16.0. The average molecular weight is 377 g/mol. The molecule has 4 rings (SSSR count). The van der Waals surface area contributed by atoms with Gasteiger partial charge < -0.3 is 10.6 Å². The van der Waals surface area contributed by atoms with Crippen LogP contribution in [0.5, 0.6) is 0 Å². The first-order valence-corrected chi connectivity index (χ1v) is 10.3. The van der Waals surface area contributed by atoms with E-state index in [0.717, 1.165) is 0 Å². The Balaban J connectivity index is 1.32. The summed E-state index contributed by atoms with van der Waals surface area (Å²) in [6.07, 6.45) is 8.47. The molecule has 5 nitrogen and oxygen atoms in total. The minimum atomic E-state index is -0.195. The molecular weight excluding hydrogens is 350 g/mol. The first-order valence-electron chi connectivity index (χ1n) is 10.3. The summed E-state index contributed by atoms with van der Waals surface area (Å²) < 4.78 is 0. The van der Waals surface area contributed by atoms with Crippen molar-refractivity contribution in [3.63, 3.8) is 0 Å². The lowest BCUT2D eigenvalue weighted by Gasteiger charge is -2.55. The second-order valence-corrected chi connectivity index (χ2v) is 7.89. The summed E-state index contributed by atoms with van der Waals surface area (Å²) in [4.78, 5) is 28.5. The SMILES string of the molecule is O=C(CCNC(=O)c1cccnc1)N[C@H]1C2CCCCC2[C@@H]1c1ccccc1. The van der Waals surface area contributed by atoms with Crippen LogP contribution in [0.25, 0.3) is 0 Å². The lowest BCUT2D eigenvalue weighted by molar-refractivity contribution is -0.124. The molecule has 2 saturated carbocycles. The largest absolute Gasteiger partial charge is 0.352 e. The Bertz CT molecular complexity index is 809. The third-order valence-corrected chi connectivity index (χ3v) is 6.26. The number of carbonyl (C=O) groups excluding carboxylic acids is 2. The third-order valence-electron chi connectivity index (χ3n) is 6.26. The fourth-order valence-electron chi connectivity index (χ4n) is 4.94. The van der Waals surface area contributed by atoms with Crippen molar-refractivity contribution in [2.24, 2.45) is 11.8 Å². The number of hydrogen-bond acceptors (Lipinski definition) is 3. The molecule has 2 amide bonds. The number of amides is 2. The van der Waals surface area contributed by atoms with Crippen molar-refractivity contribution in [2.75, 3.05) is 6.54 Å². The summed E-state index contributed by atoms with van der Waals surface area (Å²) in [7, 11) is 0. The minimum absolute atomic E-state index is 0.0152. The summed E-state index contributed by atoms with van der Waals surface area (Å²) in [5, 5.41) is 6.07. The van der Waals surface area contributed by atoms with Crippen molar-refractivity contribution in [3.8, 4) is 0 Å². The van der Waals surface area contributed by atoms with Gasteiger partial charge in [-0.1, -0.05) is 43.2 Å². The van der Waals surface area contributed by atoms with Gasteiger partial charge in [0, 0.05) is 37.3 Å². The fraction of sp³-hybridized carbons (Fsp3) is 0.435. The topological polar surface area (TPSA) is 71.1 Å². The van der Waals surface area contributed by atoms with Gasteiger partial charge in [0.2, 0.25) is 5.91 Å². The second kappa shape index (κ2) is 8.55. The molecule has 146 valence electrons. The zero-order chi connectivity index (χ0) is 19.3. The number of benzene rings is 1. The zero-order valence-electron chi connectivity index (χ0n) is 16.0. The smallest absolute Gasteiger partial charge is 0.252 e. The van der Waals surface area contributed by atoms with Crippen LogP contribution in [0.15, 0.2) is 54.9 Å². The quantitative estimate of drug-likeness (QED) is 0.811. The van der Waals surface area contributed by atoms with Crippen LogP contribution in [0, 0.1) is 11.8 Å². The molecule has 0 saturated heterocycles. The van der Waals surface area contributed by atoms with Gasteiger partial charge in [-0.25, -0.2) is 0 Å². The predicted octanol–water partition coefficient (Wildman–Crippen LogP) is 3.29. The van der Waals surface area contributed by atoms with Gasteiger partial charge in [-0.15, -0.1) is 0 Å². The molecule has 1 aromatic carbocycles. The van der Waals surface area contributed by atoms with Gasteiger partial charge >= 0.3 is 0 Å². The molecule has 0 spiro atoms. The highest BCUT2D eigenvalue weighted by molar-refractivity contribution is 5.94. The number of aromatic nitrogens is 1. The van der Waals surface area contributed by atoms with Gasteiger partial charge in [0.05, 0.1) is 5.56 Å². The molecule has 0 bridgehead atoms. The van der Waals surface area contributed by atoms with E-state index in [4.69, 9.17) is 0 Å². The van der Waals surface area contributed by atoms with Gasteiger partial charge in [0.15, 0.2) is 0 Å². The molecule has 28 heavy (non-hydrogen) atoms. The number of rotatable bonds is 6. The first-order chi connectivity index (χ1) is 13.7. The molecule has 2 aliphatic rings. The highest BCUT2D eigenvalue weighted by atomic mass is 16.2. The fourth-order valence-corrected chi connectivity index (χ4v) is 4.94. The number of nitrogens with one attached hydrogen (secondary N) is 2. The molecule has 0 radical (unpaired) electrons. The van der Waals surface area contributed by atoms with E-state index in [9.17, 15) is 9.59 Å². The number of hydrogen-bond donors (Lipinski definition) is 2. The van der Waals surface area contributed by atoms with E-state index in [1.165, 1.54) is 37.4 Å². The van der Waals surface area contributed by atoms with Crippen LogP contribution in [-0.4, -0.2) is 29.4 Å². The van der Waals surface area contributed by atoms with Gasteiger partial charge in [-0.2, -0.15) is 0 Å². The van der Waals surface area contributed by atoms with E-state index in [-0.39, 0.29) is 17.9 Å². The van der Waals surface area contributed by atoms with E-state index < -0.39 is 0 Å². The molecule has 5 heteroatoms. The number of nitrogens with zero attached hydrogens (tertiary/aromatic N) is 1. The van der Waals surface area contributed by atoms with Crippen molar-refractivity contribution in [1.29, 1.82) is 0 Å². The molecule has 1 heterocycles. The summed E-state index contributed by atoms with van der Waals surface area (Å²) in [5.41, 5.74) is 1.84. The summed E-state index contributed by atoms with van der Waals surface area (Å²) in [5.74, 6) is 1.51. The highest BCUT2D eigenvalue weighted by Crippen LogP contribution is 2.54. The van der Waals surface area contributed by atoms with E-state index in [1.54, 1.807) is 18.3 Å². The summed E-state index contributed by atoms with van der Waals surface area (Å²) in [6, 6.07) is 14.2. The van der Waals surface area contributed by atoms with Crippen molar-refractivity contribution in [2.45, 2.75) is 44.1 Å². The monoisotopic (exact) mass is 377 g/mol. The van der Waals surface area contributed by atoms with Crippen molar-refractivity contribution >= 4 is 11.8 Å². The normalized spacial score (nSPS) is 25.9. The van der Waals surface area contributed by atoms with E-state index in [0.29, 0.717) is 36.3 Å². The number of pyridine rings is 1. The lowest BCUT2D eigenvalue weighted by Crippen LogP contribution is -2.59. The molecule has 2 N–H and O–H groups in total. The Morgan fingerprint density at radius 2 is 1.79 bits per heavy atom. The Morgan fingerprint density at radius 1 is 1.00 bits per heavy atom. The standard InChI is InChI=1S/C23H27N3O2/c27-20(12-14-25-23(28)17-9-6-13-24-15-17)26-22-19-11-5-4-10-18(19)21(22)16-7-2-1-3-8-16/h1-3,6-9,13,15,18-19,21-22H,4-5,10-12,14H2,(H,25,28)(H,26,27)/t18?,19?,21-,22-/m0/s1. The van der Waals surface area contributed by atoms with Crippen molar-refractivity contribution in [1.82, 2.24) is 15.6 Å². The Kier molecular flexibility index (Phi) is 5.70. The second-order valence-electron chi connectivity index (χ2n) is 7.89. The summed E-state index contributed by atoms with van der Waals surface area (Å²) in [6.45, 7) is 0.330. The molecule has 1 aromatic heterocycles. The maximum absolute atomic E-state index is 12.5. The Morgan fingerprint density at radius 3 is 2.54 bits per heavy atom. The van der Waals surface area contributed by atoms with Crippen LogP contribution >= 0.6 is 0 Å². The molecule has 2 aliphatic carbocycles. The molecule has 2 fully saturated rings. The van der Waals surface area contributed by atoms with Crippen LogP contribution < -0.4 is 10.6 Å². The minimum Gasteiger partial charge on any atom is -0.352 e. The van der Waals surface area contributed by atoms with Gasteiger partial charge in [-0.3, -0.25) is 14.6 Å². The first kappa shape index (κ1) is 18.7. The van der Waals surface area contributed by atoms with Gasteiger partial charge in [0.25, 0.3) is 5.91 Å². The predicted molar refractivity (Wildman–Crippen MR) is 108 cm³/mol. The molecule has 2 aromatic rings. The van der Waals surface area contributed by atoms with Crippen LogP contribution in [0.3, 0.4) is 0 Å². The summed E-state index contributed by atoms with van der Waals surface area (Å²) >= 11 is 0. The molecule has 4 atom stereocenters. The van der Waals surface area contributed by atoms with Crippen LogP contribution in [0.2, 0.25) is 0 Å².